The standard InChI is InChI=1S/C17H21N3O3S/c1-10-18-19-16(23-10)14-8-11(22-2)9-20(14)17(21)13-4-3-5-15-12(13)6-7-24-15/h6-7,11,13-14H,3-5,8-9H2,1-2H3/t11-,13?,14-/m1/s1. The van der Waals surface area contributed by atoms with Crippen LogP contribution in [-0.2, 0) is 16.0 Å². The van der Waals surface area contributed by atoms with Gasteiger partial charge in [0.2, 0.25) is 17.7 Å². The highest BCUT2D eigenvalue weighted by Crippen LogP contribution is 2.40. The lowest BCUT2D eigenvalue weighted by Gasteiger charge is -2.29. The Balaban J connectivity index is 1.63. The molecule has 0 N–H and O–H groups in total. The normalized spacial score (nSPS) is 26.6. The van der Waals surface area contributed by atoms with Gasteiger partial charge in [-0.1, -0.05) is 0 Å². The Hall–Kier alpha value is -1.73. The minimum absolute atomic E-state index is 0.0108. The first-order chi connectivity index (χ1) is 11.7. The Morgan fingerprint density at radius 1 is 1.46 bits per heavy atom. The fraction of sp³-hybridized carbons (Fsp3) is 0.588. The number of likely N-dealkylation sites (tertiary alicyclic amines) is 1. The minimum Gasteiger partial charge on any atom is -0.423 e. The SMILES string of the molecule is CO[C@@H]1C[C@H](c2nnc(C)o2)N(C(=O)C2CCCc3sccc32)C1. The summed E-state index contributed by atoms with van der Waals surface area (Å²) in [7, 11) is 1.69. The van der Waals surface area contributed by atoms with Gasteiger partial charge in [0.15, 0.2) is 0 Å². The number of carbonyl (C=O) groups is 1. The second-order valence-electron chi connectivity index (χ2n) is 6.50. The highest BCUT2D eigenvalue weighted by atomic mass is 32.1. The number of carbonyl (C=O) groups excluding carboxylic acids is 1. The van der Waals surface area contributed by atoms with E-state index in [-0.39, 0.29) is 24.0 Å². The van der Waals surface area contributed by atoms with Crippen molar-refractivity contribution in [1.82, 2.24) is 15.1 Å². The van der Waals surface area contributed by atoms with Crippen LogP contribution in [0.5, 0.6) is 0 Å². The third-order valence-corrected chi connectivity index (χ3v) is 6.05. The second kappa shape index (κ2) is 6.29. The molecule has 1 fully saturated rings. The van der Waals surface area contributed by atoms with E-state index in [9.17, 15) is 4.79 Å². The van der Waals surface area contributed by atoms with Crippen molar-refractivity contribution in [1.29, 1.82) is 0 Å². The molecule has 1 aliphatic heterocycles. The van der Waals surface area contributed by atoms with Crippen LogP contribution in [0.25, 0.3) is 0 Å². The summed E-state index contributed by atoms with van der Waals surface area (Å²) < 4.78 is 11.1. The van der Waals surface area contributed by atoms with Crippen LogP contribution in [0, 0.1) is 6.92 Å². The fourth-order valence-corrected chi connectivity index (χ4v) is 4.82. The molecule has 128 valence electrons. The predicted octanol–water partition coefficient (Wildman–Crippen LogP) is 2.85. The van der Waals surface area contributed by atoms with E-state index < -0.39 is 0 Å². The van der Waals surface area contributed by atoms with Gasteiger partial charge in [0.25, 0.3) is 0 Å². The summed E-state index contributed by atoms with van der Waals surface area (Å²) >= 11 is 1.76. The average molecular weight is 347 g/mol. The predicted molar refractivity (Wildman–Crippen MR) is 88.9 cm³/mol. The zero-order chi connectivity index (χ0) is 16.7. The molecule has 2 aliphatic rings. The van der Waals surface area contributed by atoms with Crippen molar-refractivity contribution in [2.24, 2.45) is 0 Å². The van der Waals surface area contributed by atoms with E-state index in [1.54, 1.807) is 25.4 Å². The van der Waals surface area contributed by atoms with Crippen LogP contribution in [0.1, 0.15) is 53.4 Å². The van der Waals surface area contributed by atoms with Crippen LogP contribution in [0.2, 0.25) is 0 Å². The topological polar surface area (TPSA) is 68.5 Å². The molecule has 0 spiro atoms. The number of hydrogen-bond acceptors (Lipinski definition) is 6. The Morgan fingerprint density at radius 2 is 2.33 bits per heavy atom. The molecule has 0 bridgehead atoms. The number of hydrogen-bond donors (Lipinski definition) is 0. The van der Waals surface area contributed by atoms with Crippen LogP contribution in [0.3, 0.4) is 0 Å². The molecule has 1 aliphatic carbocycles. The van der Waals surface area contributed by atoms with Crippen molar-refractivity contribution in [3.8, 4) is 0 Å². The van der Waals surface area contributed by atoms with Gasteiger partial charge >= 0.3 is 0 Å². The molecule has 0 radical (unpaired) electrons. The van der Waals surface area contributed by atoms with Gasteiger partial charge in [0.1, 0.15) is 6.04 Å². The fourth-order valence-electron chi connectivity index (χ4n) is 3.84. The number of methoxy groups -OCH3 is 1. The molecule has 3 atom stereocenters. The summed E-state index contributed by atoms with van der Waals surface area (Å²) in [5.41, 5.74) is 1.21. The molecule has 0 aromatic carbocycles. The molecule has 2 aromatic rings. The zero-order valence-electron chi connectivity index (χ0n) is 13.9. The molecule has 6 nitrogen and oxygen atoms in total. The van der Waals surface area contributed by atoms with Crippen molar-refractivity contribution < 1.29 is 13.9 Å². The molecule has 24 heavy (non-hydrogen) atoms. The lowest BCUT2D eigenvalue weighted by molar-refractivity contribution is -0.134. The molecule has 1 unspecified atom stereocenters. The van der Waals surface area contributed by atoms with Crippen molar-refractivity contribution in [3.05, 3.63) is 33.7 Å². The van der Waals surface area contributed by atoms with Gasteiger partial charge in [-0.05, 0) is 36.3 Å². The van der Waals surface area contributed by atoms with E-state index in [1.807, 2.05) is 4.90 Å². The molecule has 1 saturated heterocycles. The highest BCUT2D eigenvalue weighted by molar-refractivity contribution is 7.10. The summed E-state index contributed by atoms with van der Waals surface area (Å²) in [6.45, 7) is 2.35. The van der Waals surface area contributed by atoms with E-state index in [4.69, 9.17) is 9.15 Å². The quantitative estimate of drug-likeness (QED) is 0.854. The smallest absolute Gasteiger partial charge is 0.239 e. The zero-order valence-corrected chi connectivity index (χ0v) is 14.7. The maximum Gasteiger partial charge on any atom is 0.239 e. The Labute approximate surface area is 144 Å². The monoisotopic (exact) mass is 347 g/mol. The van der Waals surface area contributed by atoms with E-state index in [0.29, 0.717) is 24.7 Å². The average Bonchev–Trinajstić information content (AvgIpc) is 3.31. The lowest BCUT2D eigenvalue weighted by Crippen LogP contribution is -2.37. The Morgan fingerprint density at radius 3 is 3.08 bits per heavy atom. The number of ether oxygens (including phenoxy) is 1. The number of aryl methyl sites for hydroxylation is 2. The third-order valence-electron chi connectivity index (χ3n) is 5.06. The van der Waals surface area contributed by atoms with Crippen LogP contribution < -0.4 is 0 Å². The number of rotatable bonds is 3. The van der Waals surface area contributed by atoms with Gasteiger partial charge in [-0.3, -0.25) is 4.79 Å². The number of aromatic nitrogens is 2. The Kier molecular flexibility index (Phi) is 4.14. The maximum absolute atomic E-state index is 13.3. The second-order valence-corrected chi connectivity index (χ2v) is 7.50. The van der Waals surface area contributed by atoms with Gasteiger partial charge in [-0.15, -0.1) is 21.5 Å². The summed E-state index contributed by atoms with van der Waals surface area (Å²) in [6, 6.07) is 1.92. The van der Waals surface area contributed by atoms with Gasteiger partial charge in [-0.25, -0.2) is 0 Å². The molecular formula is C17H21N3O3S. The van der Waals surface area contributed by atoms with Crippen LogP contribution in [-0.4, -0.2) is 40.8 Å². The summed E-state index contributed by atoms with van der Waals surface area (Å²) in [6.07, 6.45) is 3.77. The first kappa shape index (κ1) is 15.8. The van der Waals surface area contributed by atoms with E-state index >= 15 is 0 Å². The molecular weight excluding hydrogens is 326 g/mol. The van der Waals surface area contributed by atoms with Crippen molar-refractivity contribution >= 4 is 17.2 Å². The summed E-state index contributed by atoms with van der Waals surface area (Å²) in [5, 5.41) is 10.2. The van der Waals surface area contributed by atoms with Crippen molar-refractivity contribution in [2.75, 3.05) is 13.7 Å². The number of fused-ring (bicyclic) bond motifs is 1. The van der Waals surface area contributed by atoms with Crippen LogP contribution >= 0.6 is 11.3 Å². The van der Waals surface area contributed by atoms with Gasteiger partial charge in [0.05, 0.1) is 12.0 Å². The number of thiophene rings is 1. The molecule has 1 amide bonds. The van der Waals surface area contributed by atoms with Crippen LogP contribution in [0.4, 0.5) is 0 Å². The first-order valence-corrected chi connectivity index (χ1v) is 9.25. The van der Waals surface area contributed by atoms with Crippen molar-refractivity contribution in [2.45, 2.75) is 50.7 Å². The largest absolute Gasteiger partial charge is 0.423 e. The summed E-state index contributed by atoms with van der Waals surface area (Å²) in [5.74, 6) is 1.15. The summed E-state index contributed by atoms with van der Waals surface area (Å²) in [4.78, 5) is 16.5. The molecule has 4 rings (SSSR count). The molecule has 3 heterocycles. The number of amides is 1. The van der Waals surface area contributed by atoms with Crippen LogP contribution in [0.15, 0.2) is 15.9 Å². The van der Waals surface area contributed by atoms with E-state index in [2.05, 4.69) is 21.6 Å². The minimum atomic E-state index is -0.187. The first-order valence-electron chi connectivity index (χ1n) is 8.37. The van der Waals surface area contributed by atoms with E-state index in [1.165, 1.54) is 10.4 Å². The van der Waals surface area contributed by atoms with Gasteiger partial charge < -0.3 is 14.1 Å². The molecule has 0 saturated carbocycles. The lowest BCUT2D eigenvalue weighted by atomic mass is 9.86. The van der Waals surface area contributed by atoms with Crippen molar-refractivity contribution in [3.63, 3.8) is 0 Å². The molecule has 2 aromatic heterocycles. The Bertz CT molecular complexity index is 741. The third kappa shape index (κ3) is 2.65. The maximum atomic E-state index is 13.3. The van der Waals surface area contributed by atoms with Gasteiger partial charge in [0, 0.05) is 31.9 Å². The van der Waals surface area contributed by atoms with E-state index in [0.717, 1.165) is 19.3 Å². The van der Waals surface area contributed by atoms with Gasteiger partial charge in [-0.2, -0.15) is 0 Å². The number of nitrogens with zero attached hydrogens (tertiary/aromatic N) is 3. The highest BCUT2D eigenvalue weighted by Gasteiger charge is 2.42. The molecule has 7 heteroatoms.